The number of amides is 4. The van der Waals surface area contributed by atoms with Crippen molar-refractivity contribution in [3.05, 3.63) is 0 Å². The lowest BCUT2D eigenvalue weighted by atomic mass is 10.1. The number of hydrogen-bond donors (Lipinski definition) is 10. The van der Waals surface area contributed by atoms with Crippen molar-refractivity contribution < 1.29 is 34.2 Å². The van der Waals surface area contributed by atoms with E-state index >= 15 is 0 Å². The van der Waals surface area contributed by atoms with Crippen LogP contribution in [0.3, 0.4) is 0 Å². The van der Waals surface area contributed by atoms with Gasteiger partial charge in [-0.15, -0.1) is 0 Å². The quantitative estimate of drug-likeness (QED) is 0.0467. The zero-order valence-electron chi connectivity index (χ0n) is 20.3. The second kappa shape index (κ2) is 17.0. The number of rotatable bonds is 18. The van der Waals surface area contributed by atoms with Gasteiger partial charge in [0, 0.05) is 6.54 Å². The van der Waals surface area contributed by atoms with Gasteiger partial charge in [-0.2, -0.15) is 0 Å². The first-order valence-electron chi connectivity index (χ1n) is 11.4. The van der Waals surface area contributed by atoms with Crippen LogP contribution in [0.1, 0.15) is 45.4 Å². The number of unbranched alkanes of at least 4 members (excludes halogenated alkanes) is 1. The zero-order chi connectivity index (χ0) is 27.8. The van der Waals surface area contributed by atoms with Crippen LogP contribution in [0.2, 0.25) is 0 Å². The highest BCUT2D eigenvalue weighted by atomic mass is 16.4. The molecular formula is C20H39N9O7. The molecule has 5 unspecified atom stereocenters. The number of aliphatic carboxylic acids is 1. The van der Waals surface area contributed by atoms with Crippen molar-refractivity contribution in [2.75, 3.05) is 13.1 Å². The van der Waals surface area contributed by atoms with Gasteiger partial charge in [0.25, 0.3) is 0 Å². The van der Waals surface area contributed by atoms with Gasteiger partial charge in [-0.05, 0) is 45.6 Å². The summed E-state index contributed by atoms with van der Waals surface area (Å²) in [4.78, 5) is 64.3. The SMILES string of the molecule is CC(O)C(NC(=O)C(CCCN=C(N)N)NC(=O)C(N)CC(N)=O)C(=O)NC(CCCCN)C(=O)O. The smallest absolute Gasteiger partial charge is 0.326 e. The molecule has 0 spiro atoms. The second-order valence-electron chi connectivity index (χ2n) is 8.20. The lowest BCUT2D eigenvalue weighted by Crippen LogP contribution is -2.60. The van der Waals surface area contributed by atoms with Gasteiger partial charge in [-0.25, -0.2) is 4.79 Å². The van der Waals surface area contributed by atoms with E-state index in [1.54, 1.807) is 0 Å². The number of carbonyl (C=O) groups excluding carboxylic acids is 4. The summed E-state index contributed by atoms with van der Waals surface area (Å²) < 4.78 is 0. The third-order valence-electron chi connectivity index (χ3n) is 4.96. The summed E-state index contributed by atoms with van der Waals surface area (Å²) in [6.07, 6.45) is -0.558. The molecule has 0 saturated heterocycles. The van der Waals surface area contributed by atoms with E-state index in [0.29, 0.717) is 19.4 Å². The summed E-state index contributed by atoms with van der Waals surface area (Å²) in [5.74, 6) is -4.93. The number of aliphatic hydroxyl groups excluding tert-OH is 1. The molecule has 5 atom stereocenters. The largest absolute Gasteiger partial charge is 0.480 e. The predicted molar refractivity (Wildman–Crippen MR) is 130 cm³/mol. The molecule has 0 aliphatic rings. The number of nitrogens with two attached hydrogens (primary N) is 5. The van der Waals surface area contributed by atoms with Gasteiger partial charge in [0.05, 0.1) is 18.6 Å². The average molecular weight is 518 g/mol. The average Bonchev–Trinajstić information content (AvgIpc) is 2.77. The third kappa shape index (κ3) is 13.4. The topological polar surface area (TPSA) is 304 Å². The molecule has 0 aromatic heterocycles. The maximum atomic E-state index is 12.9. The van der Waals surface area contributed by atoms with Crippen LogP contribution in [0, 0.1) is 0 Å². The first kappa shape index (κ1) is 32.5. The normalized spacial score (nSPS) is 14.9. The van der Waals surface area contributed by atoms with Crippen LogP contribution in [0.5, 0.6) is 0 Å². The lowest BCUT2D eigenvalue weighted by Gasteiger charge is -2.26. The minimum atomic E-state index is -1.54. The van der Waals surface area contributed by atoms with Crippen LogP contribution >= 0.6 is 0 Å². The molecular weight excluding hydrogens is 478 g/mol. The van der Waals surface area contributed by atoms with E-state index in [1.807, 2.05) is 0 Å². The van der Waals surface area contributed by atoms with Crippen molar-refractivity contribution in [2.45, 2.75) is 75.7 Å². The molecule has 0 heterocycles. The van der Waals surface area contributed by atoms with Gasteiger partial charge in [0.1, 0.15) is 18.1 Å². The number of carbonyl (C=O) groups is 5. The molecule has 0 aliphatic carbocycles. The molecule has 0 aromatic carbocycles. The third-order valence-corrected chi connectivity index (χ3v) is 4.96. The highest BCUT2D eigenvalue weighted by Crippen LogP contribution is 2.05. The van der Waals surface area contributed by atoms with E-state index in [1.165, 1.54) is 6.92 Å². The Balaban J connectivity index is 5.50. The summed E-state index contributed by atoms with van der Waals surface area (Å²) in [7, 11) is 0. The fourth-order valence-electron chi connectivity index (χ4n) is 3.03. The van der Waals surface area contributed by atoms with Gasteiger partial charge in [0.15, 0.2) is 5.96 Å². The number of carboxylic acids is 1. The Hall–Kier alpha value is -3.50. The summed E-state index contributed by atoms with van der Waals surface area (Å²) in [6.45, 7) is 1.70. The number of guanidine groups is 1. The summed E-state index contributed by atoms with van der Waals surface area (Å²) in [5.41, 5.74) is 26.6. The number of primary amides is 1. The molecule has 0 bridgehead atoms. The van der Waals surface area contributed by atoms with Gasteiger partial charge in [-0.3, -0.25) is 24.2 Å². The molecule has 16 heteroatoms. The van der Waals surface area contributed by atoms with Crippen LogP contribution < -0.4 is 44.6 Å². The Kier molecular flexibility index (Phi) is 15.4. The molecule has 0 aliphatic heterocycles. The van der Waals surface area contributed by atoms with Gasteiger partial charge in [-0.1, -0.05) is 0 Å². The fraction of sp³-hybridized carbons (Fsp3) is 0.700. The van der Waals surface area contributed by atoms with Crippen LogP contribution in [0.25, 0.3) is 0 Å². The molecule has 36 heavy (non-hydrogen) atoms. The van der Waals surface area contributed by atoms with E-state index in [2.05, 4.69) is 20.9 Å². The summed E-state index contributed by atoms with van der Waals surface area (Å²) in [6, 6.07) is -5.37. The van der Waals surface area contributed by atoms with Gasteiger partial charge in [0.2, 0.25) is 23.6 Å². The van der Waals surface area contributed by atoms with Crippen LogP contribution in [-0.4, -0.2) is 89.1 Å². The number of aliphatic hydroxyl groups is 1. The zero-order valence-corrected chi connectivity index (χ0v) is 20.3. The van der Waals surface area contributed by atoms with Crippen molar-refractivity contribution in [1.82, 2.24) is 16.0 Å². The molecule has 0 radical (unpaired) electrons. The van der Waals surface area contributed by atoms with E-state index < -0.39 is 66.3 Å². The van der Waals surface area contributed by atoms with E-state index in [4.69, 9.17) is 28.7 Å². The Morgan fingerprint density at radius 2 is 1.44 bits per heavy atom. The Morgan fingerprint density at radius 3 is 1.94 bits per heavy atom. The van der Waals surface area contributed by atoms with Crippen LogP contribution in [0.4, 0.5) is 0 Å². The first-order chi connectivity index (χ1) is 16.8. The highest BCUT2D eigenvalue weighted by molar-refractivity contribution is 5.95. The van der Waals surface area contributed by atoms with Gasteiger partial charge < -0.3 is 54.8 Å². The summed E-state index contributed by atoms with van der Waals surface area (Å²) >= 11 is 0. The van der Waals surface area contributed by atoms with E-state index in [9.17, 15) is 34.2 Å². The van der Waals surface area contributed by atoms with Crippen molar-refractivity contribution >= 4 is 35.6 Å². The number of nitrogens with zero attached hydrogens (tertiary/aromatic N) is 1. The minimum absolute atomic E-state index is 0.00261. The molecule has 0 rings (SSSR count). The molecule has 0 saturated carbocycles. The maximum absolute atomic E-state index is 12.9. The molecule has 206 valence electrons. The van der Waals surface area contributed by atoms with Crippen molar-refractivity contribution in [3.63, 3.8) is 0 Å². The fourth-order valence-corrected chi connectivity index (χ4v) is 3.03. The second-order valence-corrected chi connectivity index (χ2v) is 8.20. The van der Waals surface area contributed by atoms with Crippen molar-refractivity contribution in [3.8, 4) is 0 Å². The Bertz CT molecular complexity index is 787. The van der Waals surface area contributed by atoms with Crippen LogP contribution in [-0.2, 0) is 24.0 Å². The van der Waals surface area contributed by atoms with E-state index in [0.717, 1.165) is 0 Å². The lowest BCUT2D eigenvalue weighted by molar-refractivity contribution is -0.143. The van der Waals surface area contributed by atoms with Crippen molar-refractivity contribution in [2.24, 2.45) is 33.7 Å². The number of hydrogen-bond acceptors (Lipinski definition) is 9. The molecule has 4 amide bonds. The standard InChI is InChI=1S/C20H39N9O7/c1-10(30)15(18(34)28-13(19(35)36)5-2-3-7-21)29-17(33)12(6-4-8-26-20(24)25)27-16(32)11(22)9-14(23)31/h10-13,15,30H,2-9,21-22H2,1H3,(H2,23,31)(H,27,32)(H,28,34)(H,29,33)(H,35,36)(H4,24,25,26). The number of nitrogens with one attached hydrogen (secondary N) is 3. The molecule has 16 nitrogen and oxygen atoms in total. The van der Waals surface area contributed by atoms with Crippen LogP contribution in [0.15, 0.2) is 4.99 Å². The Morgan fingerprint density at radius 1 is 0.861 bits per heavy atom. The maximum Gasteiger partial charge on any atom is 0.326 e. The summed E-state index contributed by atoms with van der Waals surface area (Å²) in [5, 5.41) is 26.4. The number of carboxylic acid groups (broad SMARTS) is 1. The van der Waals surface area contributed by atoms with E-state index in [-0.39, 0.29) is 31.8 Å². The highest BCUT2D eigenvalue weighted by Gasteiger charge is 2.32. The minimum Gasteiger partial charge on any atom is -0.480 e. The van der Waals surface area contributed by atoms with Gasteiger partial charge >= 0.3 is 5.97 Å². The monoisotopic (exact) mass is 517 g/mol. The molecule has 0 aromatic rings. The van der Waals surface area contributed by atoms with Crippen molar-refractivity contribution in [1.29, 1.82) is 0 Å². The molecule has 0 fully saturated rings. The Labute approximate surface area is 208 Å². The first-order valence-corrected chi connectivity index (χ1v) is 11.4. The molecule has 15 N–H and O–H groups in total. The predicted octanol–water partition coefficient (Wildman–Crippen LogP) is -4.71. The number of aliphatic imine (C=N–C) groups is 1.